The van der Waals surface area contributed by atoms with Crippen molar-refractivity contribution < 1.29 is 9.53 Å². The van der Waals surface area contributed by atoms with Gasteiger partial charge in [-0.05, 0) is 48.6 Å². The zero-order chi connectivity index (χ0) is 22.6. The number of amides is 1. The van der Waals surface area contributed by atoms with Crippen molar-refractivity contribution in [2.75, 3.05) is 13.1 Å². The van der Waals surface area contributed by atoms with Crippen molar-refractivity contribution in [1.82, 2.24) is 14.3 Å². The summed E-state index contributed by atoms with van der Waals surface area (Å²) in [4.78, 5) is 19.9. The number of benzene rings is 2. The van der Waals surface area contributed by atoms with Crippen molar-refractivity contribution in [2.24, 2.45) is 0 Å². The molecule has 0 aliphatic carbocycles. The molecule has 4 aromatic rings. The van der Waals surface area contributed by atoms with Crippen LogP contribution < -0.4 is 4.74 Å². The zero-order valence-corrected chi connectivity index (χ0v) is 19.0. The van der Waals surface area contributed by atoms with E-state index in [9.17, 15) is 4.79 Å². The highest BCUT2D eigenvalue weighted by Crippen LogP contribution is 2.33. The predicted molar refractivity (Wildman–Crippen MR) is 129 cm³/mol. The summed E-state index contributed by atoms with van der Waals surface area (Å²) in [6, 6.07) is 22.4. The number of aryl methyl sites for hydroxylation is 1. The molecule has 1 saturated heterocycles. The zero-order valence-electron chi connectivity index (χ0n) is 19.0. The van der Waals surface area contributed by atoms with Crippen LogP contribution in [0.1, 0.15) is 47.6 Å². The van der Waals surface area contributed by atoms with Crippen LogP contribution in [-0.4, -0.2) is 33.3 Å². The number of likely N-dealkylation sites (tertiary alicyclic amines) is 1. The third kappa shape index (κ3) is 4.49. The number of carbonyl (C=O) groups excluding carboxylic acids is 1. The standard InChI is InChI=1S/C28H29N3O2/c1-21-10-5-6-13-23(21)24(18-27(32)30-15-7-8-16-30)25-19-29-28-26(14-9-17-31(25)28)33-20-22-11-3-2-4-12-22/h2-6,9-14,17,19,24H,7-8,15-16,18,20H2,1H3. The Hall–Kier alpha value is -3.60. The lowest BCUT2D eigenvalue weighted by molar-refractivity contribution is -0.130. The molecule has 5 nitrogen and oxygen atoms in total. The molecule has 2 aromatic heterocycles. The van der Waals surface area contributed by atoms with Crippen molar-refractivity contribution in [3.8, 4) is 5.75 Å². The molecule has 5 heteroatoms. The Morgan fingerprint density at radius 2 is 1.76 bits per heavy atom. The van der Waals surface area contributed by atoms with E-state index < -0.39 is 0 Å². The first-order valence-electron chi connectivity index (χ1n) is 11.7. The van der Waals surface area contributed by atoms with Crippen LogP contribution in [0, 0.1) is 6.92 Å². The second kappa shape index (κ2) is 9.49. The highest BCUT2D eigenvalue weighted by atomic mass is 16.5. The molecule has 0 radical (unpaired) electrons. The fraction of sp³-hybridized carbons (Fsp3) is 0.286. The summed E-state index contributed by atoms with van der Waals surface area (Å²) in [6.45, 7) is 4.32. The molecule has 33 heavy (non-hydrogen) atoms. The maximum absolute atomic E-state index is 13.2. The molecule has 0 saturated carbocycles. The second-order valence-corrected chi connectivity index (χ2v) is 8.72. The van der Waals surface area contributed by atoms with Gasteiger partial charge in [-0.15, -0.1) is 0 Å². The van der Waals surface area contributed by atoms with Crippen LogP contribution in [0.2, 0.25) is 0 Å². The minimum Gasteiger partial charge on any atom is -0.485 e. The Labute approximate surface area is 194 Å². The van der Waals surface area contributed by atoms with Gasteiger partial charge in [0.25, 0.3) is 0 Å². The predicted octanol–water partition coefficient (Wildman–Crippen LogP) is 5.37. The topological polar surface area (TPSA) is 46.8 Å². The summed E-state index contributed by atoms with van der Waals surface area (Å²) < 4.78 is 8.21. The highest BCUT2D eigenvalue weighted by molar-refractivity contribution is 5.78. The van der Waals surface area contributed by atoms with Crippen molar-refractivity contribution in [3.05, 3.63) is 102 Å². The lowest BCUT2D eigenvalue weighted by Gasteiger charge is -2.23. The number of nitrogens with zero attached hydrogens (tertiary/aromatic N) is 3. The van der Waals surface area contributed by atoms with Crippen LogP contribution in [0.5, 0.6) is 5.75 Å². The molecule has 2 aromatic carbocycles. The molecule has 168 valence electrons. The van der Waals surface area contributed by atoms with Gasteiger partial charge in [0, 0.05) is 37.8 Å². The van der Waals surface area contributed by atoms with Crippen molar-refractivity contribution >= 4 is 11.6 Å². The summed E-state index contributed by atoms with van der Waals surface area (Å²) in [5.41, 5.74) is 5.25. The number of hydrogen-bond acceptors (Lipinski definition) is 3. The lowest BCUT2D eigenvalue weighted by atomic mass is 9.89. The summed E-state index contributed by atoms with van der Waals surface area (Å²) in [6.07, 6.45) is 6.54. The number of carbonyl (C=O) groups is 1. The molecular weight excluding hydrogens is 410 g/mol. The molecule has 1 aliphatic rings. The molecule has 5 rings (SSSR count). The van der Waals surface area contributed by atoms with Crippen molar-refractivity contribution in [2.45, 2.75) is 38.7 Å². The van der Waals surface area contributed by atoms with E-state index in [2.05, 4.69) is 35.6 Å². The Morgan fingerprint density at radius 1 is 1.00 bits per heavy atom. The minimum absolute atomic E-state index is 0.0707. The molecule has 1 atom stereocenters. The van der Waals surface area contributed by atoms with Gasteiger partial charge in [0.15, 0.2) is 11.4 Å². The average Bonchev–Trinajstić information content (AvgIpc) is 3.53. The van der Waals surface area contributed by atoms with E-state index in [4.69, 9.17) is 9.72 Å². The van der Waals surface area contributed by atoms with Gasteiger partial charge in [-0.2, -0.15) is 0 Å². The van der Waals surface area contributed by atoms with Gasteiger partial charge in [0.05, 0.1) is 5.69 Å². The first kappa shape index (κ1) is 21.3. The number of ether oxygens (including phenoxy) is 1. The number of fused-ring (bicyclic) bond motifs is 1. The van der Waals surface area contributed by atoms with Gasteiger partial charge in [-0.1, -0.05) is 54.6 Å². The van der Waals surface area contributed by atoms with E-state index in [1.165, 1.54) is 11.1 Å². The van der Waals surface area contributed by atoms with Crippen molar-refractivity contribution in [1.29, 1.82) is 0 Å². The van der Waals surface area contributed by atoms with E-state index in [-0.39, 0.29) is 11.8 Å². The fourth-order valence-electron chi connectivity index (χ4n) is 4.73. The molecule has 1 aliphatic heterocycles. The largest absolute Gasteiger partial charge is 0.485 e. The van der Waals surface area contributed by atoms with Gasteiger partial charge in [-0.25, -0.2) is 4.98 Å². The Kier molecular flexibility index (Phi) is 6.11. The number of pyridine rings is 1. The van der Waals surface area contributed by atoms with Gasteiger partial charge < -0.3 is 14.0 Å². The third-order valence-corrected chi connectivity index (χ3v) is 6.52. The molecule has 3 heterocycles. The highest BCUT2D eigenvalue weighted by Gasteiger charge is 2.27. The number of aromatic nitrogens is 2. The van der Waals surface area contributed by atoms with E-state index in [1.807, 2.05) is 59.8 Å². The number of imidazole rings is 1. The van der Waals surface area contributed by atoms with Crippen LogP contribution in [0.3, 0.4) is 0 Å². The molecule has 1 fully saturated rings. The first-order valence-corrected chi connectivity index (χ1v) is 11.7. The molecule has 0 spiro atoms. The third-order valence-electron chi connectivity index (χ3n) is 6.52. The summed E-state index contributed by atoms with van der Waals surface area (Å²) >= 11 is 0. The quantitative estimate of drug-likeness (QED) is 0.389. The minimum atomic E-state index is -0.0707. The Balaban J connectivity index is 1.49. The second-order valence-electron chi connectivity index (χ2n) is 8.72. The van der Waals surface area contributed by atoms with Gasteiger partial charge >= 0.3 is 0 Å². The van der Waals surface area contributed by atoms with Crippen LogP contribution in [0.15, 0.2) is 79.1 Å². The molecule has 1 amide bonds. The van der Waals surface area contributed by atoms with E-state index >= 15 is 0 Å². The van der Waals surface area contributed by atoms with Gasteiger partial charge in [0.1, 0.15) is 6.61 Å². The average molecular weight is 440 g/mol. The number of rotatable bonds is 7. The van der Waals surface area contributed by atoms with Crippen LogP contribution in [0.4, 0.5) is 0 Å². The van der Waals surface area contributed by atoms with Gasteiger partial charge in [0.2, 0.25) is 5.91 Å². The van der Waals surface area contributed by atoms with E-state index in [0.29, 0.717) is 13.0 Å². The normalized spacial score (nSPS) is 14.5. The Morgan fingerprint density at radius 3 is 2.55 bits per heavy atom. The lowest BCUT2D eigenvalue weighted by Crippen LogP contribution is -2.29. The molecular formula is C28H29N3O2. The Bertz CT molecular complexity index is 1240. The maximum atomic E-state index is 13.2. The SMILES string of the molecule is Cc1ccccc1C(CC(=O)N1CCCC1)c1cnc2c(OCc3ccccc3)cccn12. The number of hydrogen-bond donors (Lipinski definition) is 0. The monoisotopic (exact) mass is 439 g/mol. The molecule has 1 unspecified atom stereocenters. The van der Waals surface area contributed by atoms with Crippen LogP contribution in [-0.2, 0) is 11.4 Å². The van der Waals surface area contributed by atoms with E-state index in [1.54, 1.807) is 0 Å². The van der Waals surface area contributed by atoms with Crippen molar-refractivity contribution in [3.63, 3.8) is 0 Å². The fourth-order valence-corrected chi connectivity index (χ4v) is 4.73. The smallest absolute Gasteiger partial charge is 0.223 e. The van der Waals surface area contributed by atoms with E-state index in [0.717, 1.165) is 48.6 Å². The maximum Gasteiger partial charge on any atom is 0.223 e. The summed E-state index contributed by atoms with van der Waals surface area (Å²) in [5, 5.41) is 0. The summed E-state index contributed by atoms with van der Waals surface area (Å²) in [7, 11) is 0. The van der Waals surface area contributed by atoms with Gasteiger partial charge in [-0.3, -0.25) is 4.79 Å². The summed E-state index contributed by atoms with van der Waals surface area (Å²) in [5.74, 6) is 0.882. The van der Waals surface area contributed by atoms with Crippen LogP contribution in [0.25, 0.3) is 5.65 Å². The van der Waals surface area contributed by atoms with Crippen LogP contribution >= 0.6 is 0 Å². The molecule has 0 bridgehead atoms. The molecule has 0 N–H and O–H groups in total. The first-order chi connectivity index (χ1) is 16.2.